The number of carbonyl (C=O) groups excluding carboxylic acids is 1. The van der Waals surface area contributed by atoms with Crippen LogP contribution in [0, 0.1) is 10.1 Å². The molecule has 114 valence electrons. The van der Waals surface area contributed by atoms with E-state index >= 15 is 0 Å². The molecule has 0 bridgehead atoms. The number of halogens is 3. The number of non-ortho nitro benzene ring substituents is 1. The summed E-state index contributed by atoms with van der Waals surface area (Å²) in [5.41, 5.74) is 0.371. The maximum absolute atomic E-state index is 12.3. The maximum atomic E-state index is 12.3. The highest BCUT2D eigenvalue weighted by atomic mass is 79.9. The first-order valence-corrected chi connectivity index (χ1v) is 8.11. The van der Waals surface area contributed by atoms with Crippen molar-refractivity contribution >= 4 is 65.1 Å². The van der Waals surface area contributed by atoms with Gasteiger partial charge in [0.2, 0.25) is 0 Å². The molecule has 0 heterocycles. The molecule has 0 saturated carbocycles. The summed E-state index contributed by atoms with van der Waals surface area (Å²) >= 11 is 9.51. The topological polar surface area (TPSA) is 92.5 Å². The van der Waals surface area contributed by atoms with Gasteiger partial charge in [-0.3, -0.25) is 14.9 Å². The van der Waals surface area contributed by atoms with E-state index in [1.54, 1.807) is 0 Å². The van der Waals surface area contributed by atoms with E-state index in [2.05, 4.69) is 53.1 Å². The molecule has 0 radical (unpaired) electrons. The average Bonchev–Trinajstić information content (AvgIpc) is 2.44. The van der Waals surface area contributed by atoms with Crippen LogP contribution >= 0.6 is 47.8 Å². The van der Waals surface area contributed by atoms with Crippen LogP contribution in [0.1, 0.15) is 10.4 Å². The molecule has 9 heteroatoms. The van der Waals surface area contributed by atoms with Gasteiger partial charge in [-0.25, -0.2) is 0 Å². The van der Waals surface area contributed by atoms with E-state index < -0.39 is 10.8 Å². The van der Waals surface area contributed by atoms with Crippen LogP contribution in [0.2, 0.25) is 0 Å². The average molecular weight is 495 g/mol. The van der Waals surface area contributed by atoms with Crippen LogP contribution in [0.5, 0.6) is 5.75 Å². The fourth-order valence-electron chi connectivity index (χ4n) is 1.64. The Morgan fingerprint density at radius 2 is 1.68 bits per heavy atom. The summed E-state index contributed by atoms with van der Waals surface area (Å²) in [4.78, 5) is 22.5. The number of carbonyl (C=O) groups is 1. The Morgan fingerprint density at radius 3 is 2.23 bits per heavy atom. The Balaban J connectivity index is 2.33. The van der Waals surface area contributed by atoms with Gasteiger partial charge in [0.05, 0.1) is 19.4 Å². The van der Waals surface area contributed by atoms with Gasteiger partial charge in [-0.2, -0.15) is 0 Å². The van der Waals surface area contributed by atoms with Gasteiger partial charge in [-0.15, -0.1) is 0 Å². The van der Waals surface area contributed by atoms with Crippen molar-refractivity contribution in [1.29, 1.82) is 0 Å². The third kappa shape index (κ3) is 3.65. The third-order valence-electron chi connectivity index (χ3n) is 2.68. The molecular weight excluding hydrogens is 488 g/mol. The minimum absolute atomic E-state index is 0.00882. The number of nitro groups is 1. The number of hydrogen-bond donors (Lipinski definition) is 2. The molecule has 22 heavy (non-hydrogen) atoms. The van der Waals surface area contributed by atoms with Gasteiger partial charge < -0.3 is 10.4 Å². The second-order valence-corrected chi connectivity index (χ2v) is 6.73. The van der Waals surface area contributed by atoms with Crippen molar-refractivity contribution in [2.75, 3.05) is 5.32 Å². The predicted octanol–water partition coefficient (Wildman–Crippen LogP) is 4.84. The van der Waals surface area contributed by atoms with Crippen LogP contribution < -0.4 is 5.32 Å². The molecule has 0 fully saturated rings. The number of phenolic OH excluding ortho intramolecular Hbond substituents is 1. The Bertz CT molecular complexity index is 757. The number of hydrogen-bond acceptors (Lipinski definition) is 4. The molecule has 0 aliphatic carbocycles. The number of nitrogens with zero attached hydrogens (tertiary/aromatic N) is 1. The zero-order valence-corrected chi connectivity index (χ0v) is 15.4. The molecule has 2 aromatic rings. The summed E-state index contributed by atoms with van der Waals surface area (Å²) in [6.07, 6.45) is 0. The molecule has 2 rings (SSSR count). The summed E-state index contributed by atoms with van der Waals surface area (Å²) < 4.78 is 1.23. The second kappa shape index (κ2) is 6.76. The van der Waals surface area contributed by atoms with E-state index in [4.69, 9.17) is 0 Å². The zero-order chi connectivity index (χ0) is 16.4. The monoisotopic (exact) mass is 492 g/mol. The molecule has 0 unspecified atom stereocenters. The van der Waals surface area contributed by atoms with Crippen molar-refractivity contribution in [3.63, 3.8) is 0 Å². The van der Waals surface area contributed by atoms with E-state index in [9.17, 15) is 20.0 Å². The first-order chi connectivity index (χ1) is 10.3. The molecule has 0 aliphatic rings. The number of anilines is 1. The van der Waals surface area contributed by atoms with Crippen molar-refractivity contribution in [1.82, 2.24) is 0 Å². The Kier molecular flexibility index (Phi) is 5.20. The van der Waals surface area contributed by atoms with Crippen molar-refractivity contribution in [3.8, 4) is 5.75 Å². The quantitative estimate of drug-likeness (QED) is 0.363. The molecule has 0 atom stereocenters. The summed E-state index contributed by atoms with van der Waals surface area (Å²) in [5.74, 6) is -0.505. The van der Waals surface area contributed by atoms with E-state index in [0.29, 0.717) is 19.1 Å². The third-order valence-corrected chi connectivity index (χ3v) is 4.58. The van der Waals surface area contributed by atoms with Gasteiger partial charge in [-0.1, -0.05) is 0 Å². The fraction of sp³-hybridized carbons (Fsp3) is 0. The van der Waals surface area contributed by atoms with E-state index in [-0.39, 0.29) is 17.0 Å². The highest BCUT2D eigenvalue weighted by Crippen LogP contribution is 2.35. The summed E-state index contributed by atoms with van der Waals surface area (Å²) in [5, 5.41) is 23.0. The first kappa shape index (κ1) is 16.9. The molecule has 0 saturated heterocycles. The minimum atomic E-state index is -0.572. The fourth-order valence-corrected chi connectivity index (χ4v) is 3.25. The number of nitro benzene ring substituents is 1. The summed E-state index contributed by atoms with van der Waals surface area (Å²) in [6.45, 7) is 0. The molecule has 0 spiro atoms. The van der Waals surface area contributed by atoms with Crippen molar-refractivity contribution in [2.24, 2.45) is 0 Å². The second-order valence-electron chi connectivity index (χ2n) is 4.16. The van der Waals surface area contributed by atoms with Gasteiger partial charge in [0, 0.05) is 22.3 Å². The molecule has 2 N–H and O–H groups in total. The predicted molar refractivity (Wildman–Crippen MR) is 92.3 cm³/mol. The van der Waals surface area contributed by atoms with Gasteiger partial charge in [0.25, 0.3) is 11.6 Å². The van der Waals surface area contributed by atoms with Crippen molar-refractivity contribution in [3.05, 3.63) is 59.4 Å². The number of amides is 1. The molecule has 0 aliphatic heterocycles. The molecule has 0 aromatic heterocycles. The SMILES string of the molecule is O=C(Nc1cc(Br)c(O)c(Br)c1)c1cc([N+](=O)[O-])ccc1Br. The highest BCUT2D eigenvalue weighted by molar-refractivity contribution is 9.11. The van der Waals surface area contributed by atoms with E-state index in [0.717, 1.165) is 0 Å². The van der Waals surface area contributed by atoms with Crippen LogP contribution in [0.4, 0.5) is 11.4 Å². The molecule has 1 amide bonds. The zero-order valence-electron chi connectivity index (χ0n) is 10.6. The Labute approximate surface area is 150 Å². The standard InChI is InChI=1S/C13H7Br3N2O4/c14-9-2-1-7(18(21)22)5-8(9)13(20)17-6-3-10(15)12(19)11(16)4-6/h1-5,19H,(H,17,20). The largest absolute Gasteiger partial charge is 0.506 e. The van der Waals surface area contributed by atoms with Crippen LogP contribution in [0.25, 0.3) is 0 Å². The van der Waals surface area contributed by atoms with Crippen molar-refractivity contribution in [2.45, 2.75) is 0 Å². The van der Waals surface area contributed by atoms with E-state index in [1.165, 1.54) is 30.3 Å². The summed E-state index contributed by atoms with van der Waals surface area (Å²) in [6, 6.07) is 6.96. The lowest BCUT2D eigenvalue weighted by molar-refractivity contribution is -0.384. The van der Waals surface area contributed by atoms with Crippen LogP contribution in [0.15, 0.2) is 43.7 Å². The molecule has 6 nitrogen and oxygen atoms in total. The van der Waals surface area contributed by atoms with Crippen molar-refractivity contribution < 1.29 is 14.8 Å². The lowest BCUT2D eigenvalue weighted by Gasteiger charge is -2.09. The van der Waals surface area contributed by atoms with Gasteiger partial charge in [0.15, 0.2) is 0 Å². The number of phenols is 1. The first-order valence-electron chi connectivity index (χ1n) is 5.73. The smallest absolute Gasteiger partial charge is 0.270 e. The number of benzene rings is 2. The highest BCUT2D eigenvalue weighted by Gasteiger charge is 2.16. The Morgan fingerprint density at radius 1 is 1.09 bits per heavy atom. The molecular formula is C13H7Br3N2O4. The lowest BCUT2D eigenvalue weighted by Crippen LogP contribution is -2.13. The number of nitrogens with one attached hydrogen (secondary N) is 1. The van der Waals surface area contributed by atoms with Gasteiger partial charge in [-0.05, 0) is 66.0 Å². The Hall–Kier alpha value is -1.45. The normalized spacial score (nSPS) is 10.3. The van der Waals surface area contributed by atoms with Gasteiger partial charge in [0.1, 0.15) is 5.75 Å². The van der Waals surface area contributed by atoms with Crippen LogP contribution in [-0.4, -0.2) is 15.9 Å². The number of rotatable bonds is 3. The molecule has 2 aromatic carbocycles. The van der Waals surface area contributed by atoms with E-state index in [1.807, 2.05) is 0 Å². The minimum Gasteiger partial charge on any atom is -0.506 e. The van der Waals surface area contributed by atoms with Crippen LogP contribution in [0.3, 0.4) is 0 Å². The van der Waals surface area contributed by atoms with Crippen LogP contribution in [-0.2, 0) is 0 Å². The summed E-state index contributed by atoms with van der Waals surface area (Å²) in [7, 11) is 0. The van der Waals surface area contributed by atoms with Gasteiger partial charge >= 0.3 is 0 Å². The lowest BCUT2D eigenvalue weighted by atomic mass is 10.2. The maximum Gasteiger partial charge on any atom is 0.270 e. The number of aromatic hydroxyl groups is 1.